The van der Waals surface area contributed by atoms with E-state index in [4.69, 9.17) is 4.74 Å². The minimum absolute atomic E-state index is 0.0977. The van der Waals surface area contributed by atoms with Crippen LogP contribution in [0.5, 0.6) is 5.75 Å². The first-order valence-corrected chi connectivity index (χ1v) is 15.0. The Morgan fingerprint density at radius 3 is 2.59 bits per heavy atom. The molecule has 0 spiro atoms. The Morgan fingerprint density at radius 1 is 1.05 bits per heavy atom. The number of anilines is 1. The van der Waals surface area contributed by atoms with Gasteiger partial charge in [0.05, 0.1) is 24.9 Å². The van der Waals surface area contributed by atoms with Gasteiger partial charge in [0.2, 0.25) is 0 Å². The van der Waals surface area contributed by atoms with Gasteiger partial charge in [-0.2, -0.15) is 0 Å². The van der Waals surface area contributed by atoms with E-state index in [1.54, 1.807) is 11.8 Å². The second-order valence-corrected chi connectivity index (χ2v) is 11.5. The standard InChI is InChI=1S/C30H31N3O2S2/c1-3-35-22-14-12-21(13-15-22)31-30(34)33-19-25-24-7-4-5-9-27(24)37-29(25)32-18-6-8-26(32)28(33)20-10-16-23(36-2)17-11-20/h6,8,10-18,28H,3-5,7,9,19H2,1-2H3,(H,31,34). The quantitative estimate of drug-likeness (QED) is 0.270. The van der Waals surface area contributed by atoms with Crippen LogP contribution in [0.3, 0.4) is 0 Å². The molecule has 2 amide bonds. The zero-order chi connectivity index (χ0) is 25.4. The number of amides is 2. The molecule has 0 radical (unpaired) electrons. The summed E-state index contributed by atoms with van der Waals surface area (Å²) in [5.41, 5.74) is 5.77. The van der Waals surface area contributed by atoms with E-state index in [1.165, 1.54) is 38.7 Å². The summed E-state index contributed by atoms with van der Waals surface area (Å²) in [7, 11) is 0. The lowest BCUT2D eigenvalue weighted by Crippen LogP contribution is -2.38. The Morgan fingerprint density at radius 2 is 1.84 bits per heavy atom. The molecule has 1 unspecified atom stereocenters. The maximum Gasteiger partial charge on any atom is 0.322 e. The van der Waals surface area contributed by atoms with E-state index in [1.807, 2.05) is 47.4 Å². The van der Waals surface area contributed by atoms with Gasteiger partial charge in [-0.05, 0) is 98.5 Å². The van der Waals surface area contributed by atoms with Crippen molar-refractivity contribution >= 4 is 34.8 Å². The predicted octanol–water partition coefficient (Wildman–Crippen LogP) is 7.68. The summed E-state index contributed by atoms with van der Waals surface area (Å²) in [5, 5.41) is 4.45. The summed E-state index contributed by atoms with van der Waals surface area (Å²) in [6.45, 7) is 3.16. The third kappa shape index (κ3) is 4.55. The van der Waals surface area contributed by atoms with Crippen LogP contribution in [0.2, 0.25) is 0 Å². The summed E-state index contributed by atoms with van der Waals surface area (Å²) >= 11 is 3.64. The number of aromatic nitrogens is 1. The first-order valence-electron chi connectivity index (χ1n) is 12.9. The van der Waals surface area contributed by atoms with Gasteiger partial charge in [-0.15, -0.1) is 23.1 Å². The van der Waals surface area contributed by atoms with Crippen LogP contribution < -0.4 is 10.1 Å². The normalized spacial score (nSPS) is 16.4. The van der Waals surface area contributed by atoms with E-state index >= 15 is 0 Å². The number of rotatable bonds is 5. The molecule has 2 aliphatic rings. The van der Waals surface area contributed by atoms with E-state index in [-0.39, 0.29) is 12.1 Å². The minimum atomic E-state index is -0.201. The van der Waals surface area contributed by atoms with E-state index in [0.29, 0.717) is 13.2 Å². The SMILES string of the molecule is CCOc1ccc(NC(=O)N2Cc3c(sc4c3CCCC4)-n3cccc3C2c2ccc(SC)cc2)cc1. The number of benzene rings is 2. The van der Waals surface area contributed by atoms with Gasteiger partial charge in [0, 0.05) is 27.2 Å². The molecule has 4 aromatic rings. The van der Waals surface area contributed by atoms with Crippen LogP contribution in [-0.4, -0.2) is 28.4 Å². The third-order valence-electron chi connectivity index (χ3n) is 7.29. The van der Waals surface area contributed by atoms with E-state index in [0.717, 1.165) is 35.5 Å². The molecular formula is C30H31N3O2S2. The number of urea groups is 1. The van der Waals surface area contributed by atoms with Crippen LogP contribution in [-0.2, 0) is 19.4 Å². The van der Waals surface area contributed by atoms with E-state index in [9.17, 15) is 4.79 Å². The number of fused-ring (bicyclic) bond motifs is 5. The molecule has 6 rings (SSSR count). The van der Waals surface area contributed by atoms with Gasteiger partial charge < -0.3 is 19.5 Å². The van der Waals surface area contributed by atoms with Gasteiger partial charge in [-0.25, -0.2) is 4.79 Å². The molecule has 2 aromatic carbocycles. The average Bonchev–Trinajstić information content (AvgIpc) is 3.52. The lowest BCUT2D eigenvalue weighted by Gasteiger charge is -2.31. The number of carbonyl (C=O) groups excluding carboxylic acids is 1. The first-order chi connectivity index (χ1) is 18.2. The maximum atomic E-state index is 14.0. The van der Waals surface area contributed by atoms with Gasteiger partial charge in [-0.1, -0.05) is 12.1 Å². The molecule has 0 saturated carbocycles. The van der Waals surface area contributed by atoms with Crippen molar-refractivity contribution in [2.24, 2.45) is 0 Å². The summed E-state index contributed by atoms with van der Waals surface area (Å²) < 4.78 is 7.91. The van der Waals surface area contributed by atoms with Crippen molar-refractivity contribution in [2.45, 2.75) is 50.1 Å². The van der Waals surface area contributed by atoms with Crippen LogP contribution >= 0.6 is 23.1 Å². The number of thiophene rings is 1. The topological polar surface area (TPSA) is 46.5 Å². The van der Waals surface area contributed by atoms with Crippen LogP contribution in [0.25, 0.3) is 5.00 Å². The van der Waals surface area contributed by atoms with Crippen LogP contribution in [0.4, 0.5) is 10.5 Å². The molecule has 0 saturated heterocycles. The number of aryl methyl sites for hydroxylation is 1. The Labute approximate surface area is 226 Å². The summed E-state index contributed by atoms with van der Waals surface area (Å²) in [4.78, 5) is 18.8. The van der Waals surface area contributed by atoms with Gasteiger partial charge in [0.25, 0.3) is 0 Å². The molecule has 1 aliphatic heterocycles. The summed E-state index contributed by atoms with van der Waals surface area (Å²) in [6.07, 6.45) is 8.95. The highest BCUT2D eigenvalue weighted by molar-refractivity contribution is 7.98. The number of carbonyl (C=O) groups is 1. The molecule has 37 heavy (non-hydrogen) atoms. The average molecular weight is 530 g/mol. The molecule has 0 bridgehead atoms. The Bertz CT molecular complexity index is 1410. The van der Waals surface area contributed by atoms with E-state index < -0.39 is 0 Å². The van der Waals surface area contributed by atoms with Gasteiger partial charge in [0.1, 0.15) is 10.8 Å². The summed E-state index contributed by atoms with van der Waals surface area (Å²) in [6, 6.07) is 20.2. The monoisotopic (exact) mass is 529 g/mol. The van der Waals surface area contributed by atoms with Crippen molar-refractivity contribution in [2.75, 3.05) is 18.2 Å². The molecule has 5 nitrogen and oxygen atoms in total. The Hall–Kier alpha value is -3.16. The smallest absolute Gasteiger partial charge is 0.322 e. The van der Waals surface area contributed by atoms with Gasteiger partial charge >= 0.3 is 6.03 Å². The molecule has 2 aromatic heterocycles. The van der Waals surface area contributed by atoms with Crippen LogP contribution in [0.1, 0.15) is 53.1 Å². The van der Waals surface area contributed by atoms with Crippen molar-refractivity contribution in [3.05, 3.63) is 94.1 Å². The number of ether oxygens (including phenoxy) is 1. The fraction of sp³-hybridized carbons (Fsp3) is 0.300. The molecule has 7 heteroatoms. The molecule has 0 fully saturated rings. The van der Waals surface area contributed by atoms with Crippen molar-refractivity contribution in [3.63, 3.8) is 0 Å². The fourth-order valence-corrected chi connectivity index (χ4v) is 7.33. The number of hydrogen-bond donors (Lipinski definition) is 1. The van der Waals surface area contributed by atoms with Crippen LogP contribution in [0, 0.1) is 0 Å². The zero-order valence-electron chi connectivity index (χ0n) is 21.2. The number of thioether (sulfide) groups is 1. The lowest BCUT2D eigenvalue weighted by molar-refractivity contribution is 0.194. The van der Waals surface area contributed by atoms with Gasteiger partial charge in [-0.3, -0.25) is 0 Å². The molecular weight excluding hydrogens is 498 g/mol. The molecule has 1 atom stereocenters. The molecule has 190 valence electrons. The van der Waals surface area contributed by atoms with Crippen molar-refractivity contribution < 1.29 is 9.53 Å². The Kier molecular flexibility index (Phi) is 6.74. The van der Waals surface area contributed by atoms with Crippen LogP contribution in [0.15, 0.2) is 71.8 Å². The highest BCUT2D eigenvalue weighted by atomic mass is 32.2. The lowest BCUT2D eigenvalue weighted by atomic mass is 9.95. The highest BCUT2D eigenvalue weighted by Gasteiger charge is 2.36. The summed E-state index contributed by atoms with van der Waals surface area (Å²) in [5.74, 6) is 0.800. The number of nitrogens with zero attached hydrogens (tertiary/aromatic N) is 2. The number of hydrogen-bond acceptors (Lipinski definition) is 4. The van der Waals surface area contributed by atoms with Crippen molar-refractivity contribution in [3.8, 4) is 10.8 Å². The highest BCUT2D eigenvalue weighted by Crippen LogP contribution is 2.44. The van der Waals surface area contributed by atoms with Crippen molar-refractivity contribution in [1.82, 2.24) is 9.47 Å². The minimum Gasteiger partial charge on any atom is -0.494 e. The number of nitrogens with one attached hydrogen (secondary N) is 1. The second kappa shape index (κ2) is 10.3. The molecule has 3 heterocycles. The fourth-order valence-electron chi connectivity index (χ4n) is 5.52. The largest absolute Gasteiger partial charge is 0.494 e. The van der Waals surface area contributed by atoms with E-state index in [2.05, 4.69) is 58.7 Å². The van der Waals surface area contributed by atoms with Crippen molar-refractivity contribution in [1.29, 1.82) is 0 Å². The van der Waals surface area contributed by atoms with Gasteiger partial charge in [0.15, 0.2) is 0 Å². The molecule has 1 aliphatic carbocycles. The zero-order valence-corrected chi connectivity index (χ0v) is 22.8. The maximum absolute atomic E-state index is 14.0. The molecule has 1 N–H and O–H groups in total. The third-order valence-corrected chi connectivity index (χ3v) is 9.36. The second-order valence-electron chi connectivity index (χ2n) is 9.49. The Balaban J connectivity index is 1.43. The first kappa shape index (κ1) is 24.2. The predicted molar refractivity (Wildman–Crippen MR) is 153 cm³/mol.